The third-order valence-electron chi connectivity index (χ3n) is 5.44. The molecule has 0 aromatic heterocycles. The number of thioether (sulfide) groups is 1. The molecule has 4 aromatic carbocycles. The molecule has 0 aliphatic rings. The van der Waals surface area contributed by atoms with Crippen LogP contribution in [0, 0.1) is 17.0 Å². The standard InChI is InChI=1S/C28H22ClN3O4S/c1-18-13-14-22(17-25(18)29)31-28(34)26(19-7-3-2-4-8-19)37-24-12-6-10-21(16-24)30-27(33)20-9-5-11-23(15-20)32(35)36/h2-17,26H,1H3,(H,30,33)(H,31,34). The lowest BCUT2D eigenvalue weighted by molar-refractivity contribution is -0.384. The first-order valence-electron chi connectivity index (χ1n) is 11.2. The van der Waals surface area contributed by atoms with Gasteiger partial charge >= 0.3 is 0 Å². The maximum absolute atomic E-state index is 13.3. The Kier molecular flexibility index (Phi) is 8.22. The lowest BCUT2D eigenvalue weighted by atomic mass is 10.1. The number of benzene rings is 4. The summed E-state index contributed by atoms with van der Waals surface area (Å²) in [5, 5.41) is 16.7. The van der Waals surface area contributed by atoms with Gasteiger partial charge in [0.05, 0.1) is 4.92 Å². The van der Waals surface area contributed by atoms with Gasteiger partial charge in [0.2, 0.25) is 5.91 Å². The van der Waals surface area contributed by atoms with Crippen molar-refractivity contribution in [1.29, 1.82) is 0 Å². The van der Waals surface area contributed by atoms with E-state index >= 15 is 0 Å². The fourth-order valence-electron chi connectivity index (χ4n) is 3.53. The molecular weight excluding hydrogens is 510 g/mol. The highest BCUT2D eigenvalue weighted by molar-refractivity contribution is 8.00. The molecule has 0 spiro atoms. The van der Waals surface area contributed by atoms with Gasteiger partial charge in [0.25, 0.3) is 11.6 Å². The van der Waals surface area contributed by atoms with E-state index in [1.165, 1.54) is 36.0 Å². The number of nitrogens with zero attached hydrogens (tertiary/aromatic N) is 1. The minimum Gasteiger partial charge on any atom is -0.325 e. The Morgan fingerprint density at radius 3 is 2.32 bits per heavy atom. The van der Waals surface area contributed by atoms with Crippen molar-refractivity contribution < 1.29 is 14.5 Å². The molecule has 9 heteroatoms. The average Bonchev–Trinajstić information content (AvgIpc) is 2.90. The molecule has 7 nitrogen and oxygen atoms in total. The number of carbonyl (C=O) groups is 2. The molecule has 0 aliphatic heterocycles. The molecule has 1 atom stereocenters. The third kappa shape index (κ3) is 6.75. The zero-order valence-corrected chi connectivity index (χ0v) is 21.3. The molecule has 0 fully saturated rings. The molecule has 2 N–H and O–H groups in total. The van der Waals surface area contributed by atoms with E-state index in [2.05, 4.69) is 10.6 Å². The molecule has 0 radical (unpaired) electrons. The summed E-state index contributed by atoms with van der Waals surface area (Å²) in [5.41, 5.74) is 2.83. The van der Waals surface area contributed by atoms with Gasteiger partial charge in [-0.1, -0.05) is 60.1 Å². The third-order valence-corrected chi connectivity index (χ3v) is 7.10. The van der Waals surface area contributed by atoms with Crippen LogP contribution in [0.5, 0.6) is 0 Å². The van der Waals surface area contributed by atoms with Crippen LogP contribution in [0.3, 0.4) is 0 Å². The van der Waals surface area contributed by atoms with Crippen molar-refractivity contribution in [3.05, 3.63) is 129 Å². The summed E-state index contributed by atoms with van der Waals surface area (Å²) in [6.07, 6.45) is 0. The summed E-state index contributed by atoms with van der Waals surface area (Å²) in [6, 6.07) is 27.3. The van der Waals surface area contributed by atoms with Gasteiger partial charge in [-0.05, 0) is 54.4 Å². The van der Waals surface area contributed by atoms with Crippen LogP contribution in [0.2, 0.25) is 5.02 Å². The number of nitro groups is 1. The first-order chi connectivity index (χ1) is 17.8. The second kappa shape index (κ2) is 11.7. The molecule has 0 aliphatic carbocycles. The van der Waals surface area contributed by atoms with E-state index < -0.39 is 16.1 Å². The van der Waals surface area contributed by atoms with Crippen molar-refractivity contribution in [1.82, 2.24) is 0 Å². The molecule has 4 aromatic rings. The highest BCUT2D eigenvalue weighted by atomic mass is 35.5. The first-order valence-corrected chi connectivity index (χ1v) is 12.5. The average molecular weight is 532 g/mol. The molecule has 0 bridgehead atoms. The predicted octanol–water partition coefficient (Wildman–Crippen LogP) is 7.28. The number of nitrogens with one attached hydrogen (secondary N) is 2. The van der Waals surface area contributed by atoms with Crippen molar-refractivity contribution in [2.45, 2.75) is 17.1 Å². The lowest BCUT2D eigenvalue weighted by Gasteiger charge is -2.18. The van der Waals surface area contributed by atoms with E-state index in [1.54, 1.807) is 30.3 Å². The first kappa shape index (κ1) is 25.9. The zero-order chi connectivity index (χ0) is 26.4. The van der Waals surface area contributed by atoms with Crippen LogP contribution in [-0.2, 0) is 4.79 Å². The number of rotatable bonds is 8. The number of aryl methyl sites for hydroxylation is 1. The Morgan fingerprint density at radius 1 is 0.865 bits per heavy atom. The van der Waals surface area contributed by atoms with Crippen molar-refractivity contribution in [3.63, 3.8) is 0 Å². The van der Waals surface area contributed by atoms with Crippen LogP contribution < -0.4 is 10.6 Å². The Bertz CT molecular complexity index is 1460. The quantitative estimate of drug-likeness (QED) is 0.141. The molecule has 186 valence electrons. The zero-order valence-electron chi connectivity index (χ0n) is 19.7. The van der Waals surface area contributed by atoms with Gasteiger partial charge in [-0.3, -0.25) is 19.7 Å². The van der Waals surface area contributed by atoms with Gasteiger partial charge in [-0.25, -0.2) is 0 Å². The maximum atomic E-state index is 13.3. The highest BCUT2D eigenvalue weighted by Gasteiger charge is 2.23. The highest BCUT2D eigenvalue weighted by Crippen LogP contribution is 2.37. The maximum Gasteiger partial charge on any atom is 0.270 e. The predicted molar refractivity (Wildman–Crippen MR) is 147 cm³/mol. The molecule has 0 saturated carbocycles. The number of non-ortho nitro benzene ring substituents is 1. The van der Waals surface area contributed by atoms with Crippen LogP contribution in [-0.4, -0.2) is 16.7 Å². The Morgan fingerprint density at radius 2 is 1.59 bits per heavy atom. The van der Waals surface area contributed by atoms with Gasteiger partial charge < -0.3 is 10.6 Å². The second-order valence-corrected chi connectivity index (χ2v) is 9.74. The molecule has 0 saturated heterocycles. The summed E-state index contributed by atoms with van der Waals surface area (Å²) in [7, 11) is 0. The van der Waals surface area contributed by atoms with Crippen molar-refractivity contribution in [3.8, 4) is 0 Å². The minimum absolute atomic E-state index is 0.163. The number of hydrogen-bond acceptors (Lipinski definition) is 5. The summed E-state index contributed by atoms with van der Waals surface area (Å²) >= 11 is 7.56. The Balaban J connectivity index is 1.54. The number of carbonyl (C=O) groups excluding carboxylic acids is 2. The number of hydrogen-bond donors (Lipinski definition) is 2. The Labute approximate surface area is 223 Å². The van der Waals surface area contributed by atoms with E-state index in [0.29, 0.717) is 16.4 Å². The van der Waals surface area contributed by atoms with E-state index in [1.807, 2.05) is 49.4 Å². The SMILES string of the molecule is Cc1ccc(NC(=O)C(Sc2cccc(NC(=O)c3cccc([N+](=O)[O-])c3)c2)c2ccccc2)cc1Cl. The molecule has 37 heavy (non-hydrogen) atoms. The van der Waals surface area contributed by atoms with Crippen LogP contribution in [0.25, 0.3) is 0 Å². The van der Waals surface area contributed by atoms with Crippen LogP contribution in [0.1, 0.15) is 26.7 Å². The monoisotopic (exact) mass is 531 g/mol. The number of halogens is 1. The van der Waals surface area contributed by atoms with Gasteiger partial charge in [-0.2, -0.15) is 0 Å². The number of anilines is 2. The number of amides is 2. The largest absolute Gasteiger partial charge is 0.325 e. The molecule has 2 amide bonds. The summed E-state index contributed by atoms with van der Waals surface area (Å²) in [6.45, 7) is 1.89. The van der Waals surface area contributed by atoms with E-state index in [9.17, 15) is 19.7 Å². The molecular formula is C28H22ClN3O4S. The van der Waals surface area contributed by atoms with Crippen molar-refractivity contribution in [2.75, 3.05) is 10.6 Å². The van der Waals surface area contributed by atoms with Crippen molar-refractivity contribution >= 4 is 52.2 Å². The smallest absolute Gasteiger partial charge is 0.270 e. The molecule has 4 rings (SSSR count). The van der Waals surface area contributed by atoms with Gasteiger partial charge in [-0.15, -0.1) is 11.8 Å². The fourth-order valence-corrected chi connectivity index (χ4v) is 4.79. The lowest BCUT2D eigenvalue weighted by Crippen LogP contribution is -2.19. The van der Waals surface area contributed by atoms with E-state index in [0.717, 1.165) is 16.0 Å². The Hall–Kier alpha value is -4.14. The van der Waals surface area contributed by atoms with Gasteiger partial charge in [0, 0.05) is 39.0 Å². The van der Waals surface area contributed by atoms with Crippen LogP contribution in [0.4, 0.5) is 17.1 Å². The molecule has 1 unspecified atom stereocenters. The fraction of sp³-hybridized carbons (Fsp3) is 0.0714. The van der Waals surface area contributed by atoms with Gasteiger partial charge in [0.15, 0.2) is 0 Å². The van der Waals surface area contributed by atoms with Gasteiger partial charge in [0.1, 0.15) is 5.25 Å². The van der Waals surface area contributed by atoms with Crippen LogP contribution in [0.15, 0.2) is 102 Å². The van der Waals surface area contributed by atoms with E-state index in [-0.39, 0.29) is 17.2 Å². The summed E-state index contributed by atoms with van der Waals surface area (Å²) < 4.78 is 0. The minimum atomic E-state index is -0.580. The second-order valence-electron chi connectivity index (χ2n) is 8.15. The summed E-state index contributed by atoms with van der Waals surface area (Å²) in [5.74, 6) is -0.693. The van der Waals surface area contributed by atoms with E-state index in [4.69, 9.17) is 11.6 Å². The topological polar surface area (TPSA) is 101 Å². The number of nitro benzene ring substituents is 1. The normalized spacial score (nSPS) is 11.4. The van der Waals surface area contributed by atoms with Crippen LogP contribution >= 0.6 is 23.4 Å². The summed E-state index contributed by atoms with van der Waals surface area (Å²) in [4.78, 5) is 37.3. The van der Waals surface area contributed by atoms with Crippen molar-refractivity contribution in [2.24, 2.45) is 0 Å². The molecule has 0 heterocycles.